The lowest BCUT2D eigenvalue weighted by Gasteiger charge is -2.42. The Morgan fingerprint density at radius 2 is 1.03 bits per heavy atom. The smallest absolute Gasteiger partial charge is 0.458 e. The highest BCUT2D eigenvalue weighted by atomic mass is 32.2. The van der Waals surface area contributed by atoms with E-state index in [1.54, 1.807) is 0 Å². The number of ether oxygens (including phenoxy) is 1. The Hall–Kier alpha value is -2.14. The molecule has 0 aromatic heterocycles. The fourth-order valence-electron chi connectivity index (χ4n) is 2.06. The third-order valence-electron chi connectivity index (χ3n) is 4.34. The molecule has 1 atom stereocenters. The van der Waals surface area contributed by atoms with E-state index >= 15 is 0 Å². The van der Waals surface area contributed by atoms with E-state index in [0.29, 0.717) is 6.92 Å². The first kappa shape index (κ1) is 36.9. The number of hydrogen-bond acceptors (Lipinski definition) is 4. The van der Waals surface area contributed by atoms with Gasteiger partial charge in [-0.3, -0.25) is 0 Å². The van der Waals surface area contributed by atoms with Crippen molar-refractivity contribution in [2.75, 3.05) is 6.54 Å². The van der Waals surface area contributed by atoms with Gasteiger partial charge in [0.25, 0.3) is 0 Å². The summed E-state index contributed by atoms with van der Waals surface area (Å²) in [6, 6.07) is 0. The largest absolute Gasteiger partial charge is 0.460 e. The van der Waals surface area contributed by atoms with Gasteiger partial charge in [-0.05, 0) is 18.4 Å². The molecule has 24 heteroatoms. The summed E-state index contributed by atoms with van der Waals surface area (Å²) in [7, 11) is -8.13. The van der Waals surface area contributed by atoms with Crippen molar-refractivity contribution in [2.24, 2.45) is 0 Å². The maximum atomic E-state index is 13.9. The molecular formula is C15H11F18NO4S. The molecule has 0 radical (unpaired) electrons. The van der Waals surface area contributed by atoms with Crippen LogP contribution < -0.4 is 0 Å². The van der Waals surface area contributed by atoms with E-state index in [4.69, 9.17) is 0 Å². The van der Waals surface area contributed by atoms with Crippen LogP contribution in [0.4, 0.5) is 79.1 Å². The van der Waals surface area contributed by atoms with Gasteiger partial charge in [0.2, 0.25) is 0 Å². The Labute approximate surface area is 204 Å². The molecule has 0 aliphatic rings. The summed E-state index contributed by atoms with van der Waals surface area (Å²) in [5.41, 5.74) is -0.539. The van der Waals surface area contributed by atoms with Crippen molar-refractivity contribution in [2.45, 2.75) is 66.9 Å². The first-order valence-corrected chi connectivity index (χ1v) is 10.3. The van der Waals surface area contributed by atoms with Crippen LogP contribution in [0.1, 0.15) is 13.8 Å². The molecule has 0 aromatic carbocycles. The molecule has 39 heavy (non-hydrogen) atoms. The molecule has 0 amide bonds. The molecule has 0 fully saturated rings. The lowest BCUT2D eigenvalue weighted by Crippen LogP contribution is -2.75. The highest BCUT2D eigenvalue weighted by Crippen LogP contribution is 2.64. The van der Waals surface area contributed by atoms with Crippen molar-refractivity contribution in [3.05, 3.63) is 12.2 Å². The highest BCUT2D eigenvalue weighted by Gasteiger charge is 2.96. The monoisotopic (exact) mass is 643 g/mol. The molecule has 0 bridgehead atoms. The molecule has 5 nitrogen and oxygen atoms in total. The molecule has 1 unspecified atom stereocenters. The number of nitrogens with zero attached hydrogens (tertiary/aromatic N) is 1. The van der Waals surface area contributed by atoms with E-state index in [1.165, 1.54) is 0 Å². The van der Waals surface area contributed by atoms with Crippen LogP contribution in [-0.2, 0) is 19.6 Å². The first-order valence-electron chi connectivity index (χ1n) is 8.90. The van der Waals surface area contributed by atoms with Gasteiger partial charge in [-0.15, -0.1) is 4.48 Å². The molecule has 232 valence electrons. The summed E-state index contributed by atoms with van der Waals surface area (Å²) < 4.78 is 263. The topological polar surface area (TPSA) is 63.7 Å². The minimum atomic E-state index is -9.04. The van der Waals surface area contributed by atoms with Crippen LogP contribution in [0.2, 0.25) is 0 Å². The Kier molecular flexibility index (Phi) is 9.50. The lowest BCUT2D eigenvalue weighted by molar-refractivity contribution is -0.458. The number of hydrogen-bond donors (Lipinski definition) is 0. The second kappa shape index (κ2) is 10.0. The van der Waals surface area contributed by atoms with Gasteiger partial charge in [0, 0.05) is 5.57 Å². The van der Waals surface area contributed by atoms with Crippen LogP contribution in [0.15, 0.2) is 12.2 Å². The second-order valence-electron chi connectivity index (χ2n) is 7.43. The van der Waals surface area contributed by atoms with E-state index in [9.17, 15) is 92.3 Å². The molecule has 0 rings (SSSR count). The summed E-state index contributed by atoms with van der Waals surface area (Å²) in [4.78, 5) is 11.2. The summed E-state index contributed by atoms with van der Waals surface area (Å²) in [6.45, 7) is 1.90. The average Bonchev–Trinajstić information content (AvgIpc) is 2.71. The summed E-state index contributed by atoms with van der Waals surface area (Å²) >= 11 is 0. The van der Waals surface area contributed by atoms with Gasteiger partial charge < -0.3 is 4.74 Å². The van der Waals surface area contributed by atoms with Gasteiger partial charge in [-0.2, -0.15) is 74.6 Å². The average molecular weight is 643 g/mol. The Morgan fingerprint density at radius 1 is 0.718 bits per heavy atom. The third kappa shape index (κ3) is 5.33. The van der Waals surface area contributed by atoms with Crippen molar-refractivity contribution in [3.63, 3.8) is 0 Å². The Bertz CT molecular complexity index is 1050. The molecule has 0 aliphatic carbocycles. The van der Waals surface area contributed by atoms with Crippen molar-refractivity contribution < 1.29 is 97.1 Å². The van der Waals surface area contributed by atoms with Crippen molar-refractivity contribution in [3.8, 4) is 0 Å². The zero-order valence-electron chi connectivity index (χ0n) is 18.3. The van der Waals surface area contributed by atoms with Gasteiger partial charge in [0.1, 0.15) is 6.10 Å². The summed E-state index contributed by atoms with van der Waals surface area (Å²) in [5.74, 6) is -54.3. The number of alkyl halides is 17. The second-order valence-corrected chi connectivity index (χ2v) is 9.29. The van der Waals surface area contributed by atoms with Crippen LogP contribution in [0.5, 0.6) is 0 Å². The maximum Gasteiger partial charge on any atom is 0.460 e. The fraction of sp³-hybridized carbons (Fsp3) is 0.800. The van der Waals surface area contributed by atoms with Gasteiger partial charge in [-0.1, -0.05) is 6.58 Å². The van der Waals surface area contributed by atoms with Gasteiger partial charge in [0.05, 0.1) is 6.54 Å². The van der Waals surface area contributed by atoms with E-state index < -0.39 is 85.7 Å². The summed E-state index contributed by atoms with van der Waals surface area (Å²) in [6.07, 6.45) is -10.3. The van der Waals surface area contributed by atoms with E-state index in [0.717, 1.165) is 6.92 Å². The zero-order valence-corrected chi connectivity index (χ0v) is 19.1. The number of halogens is 18. The first-order chi connectivity index (χ1) is 16.6. The molecule has 0 aliphatic heterocycles. The minimum absolute atomic E-state index is 0.422. The normalized spacial score (nSPS) is 16.3. The predicted molar refractivity (Wildman–Crippen MR) is 87.8 cm³/mol. The van der Waals surface area contributed by atoms with Crippen molar-refractivity contribution in [1.82, 2.24) is 4.53 Å². The Morgan fingerprint density at radius 3 is 1.33 bits per heavy atom. The van der Waals surface area contributed by atoms with E-state index in [2.05, 4.69) is 11.3 Å². The van der Waals surface area contributed by atoms with Crippen LogP contribution in [-0.4, -0.2) is 78.5 Å². The third-order valence-corrected chi connectivity index (χ3v) is 5.91. The highest BCUT2D eigenvalue weighted by molar-refractivity contribution is 7.90. The van der Waals surface area contributed by atoms with Crippen molar-refractivity contribution in [1.29, 1.82) is 0 Å². The molecule has 0 saturated carbocycles. The molecular weight excluding hydrogens is 632 g/mol. The van der Waals surface area contributed by atoms with Gasteiger partial charge in [-0.25, -0.2) is 13.2 Å². The SMILES string of the molecule is C=C(C)C(=O)OC(C)CN(F)S(=O)(=O)C(F)(F)C(F)(F)C(F)(F)C(F)(F)C(F)(F)C(F)(F)C(F)(F)C(F)(F)F. The standard InChI is InChI=1S/C15H11F18NO4S/c1-5(2)7(35)38-6(3)4-34(33)39(36,37)15(31,32)13(26,27)11(22,23)9(18,19)8(16,17)10(20,21)12(24,25)14(28,29)30/h6H,1,4H2,2-3H3. The predicted octanol–water partition coefficient (Wildman–Crippen LogP) is 5.98. The number of carbonyl (C=O) groups is 1. The van der Waals surface area contributed by atoms with E-state index in [1.807, 2.05) is 0 Å². The lowest BCUT2D eigenvalue weighted by atomic mass is 9.91. The van der Waals surface area contributed by atoms with Crippen LogP contribution in [0.25, 0.3) is 0 Å². The molecule has 0 saturated heterocycles. The number of sulfonamides is 1. The van der Waals surface area contributed by atoms with Crippen LogP contribution in [0.3, 0.4) is 0 Å². The number of rotatable bonds is 12. The van der Waals surface area contributed by atoms with Gasteiger partial charge >= 0.3 is 63.0 Å². The van der Waals surface area contributed by atoms with E-state index in [-0.39, 0.29) is 0 Å². The van der Waals surface area contributed by atoms with Crippen LogP contribution in [0, 0.1) is 0 Å². The quantitative estimate of drug-likeness (QED) is 0.114. The van der Waals surface area contributed by atoms with Crippen molar-refractivity contribution >= 4 is 16.0 Å². The summed E-state index contributed by atoms with van der Waals surface area (Å²) in [5, 5.41) is -8.06. The molecule has 0 heterocycles. The Balaban J connectivity index is 6.75. The van der Waals surface area contributed by atoms with Gasteiger partial charge in [0.15, 0.2) is 0 Å². The molecule has 0 aromatic rings. The fourth-order valence-corrected chi connectivity index (χ4v) is 3.16. The number of carbonyl (C=O) groups excluding carboxylic acids is 1. The number of esters is 1. The van der Waals surface area contributed by atoms with Crippen LogP contribution >= 0.6 is 0 Å². The maximum absolute atomic E-state index is 13.9. The minimum Gasteiger partial charge on any atom is -0.458 e. The zero-order chi connectivity index (χ0) is 32.2. The molecule has 0 N–H and O–H groups in total. The molecule has 0 spiro atoms.